The second-order valence-electron chi connectivity index (χ2n) is 5.56. The lowest BCUT2D eigenvalue weighted by Crippen LogP contribution is -2.44. The minimum absolute atomic E-state index is 0.0806. The summed E-state index contributed by atoms with van der Waals surface area (Å²) in [6.45, 7) is 8.23. The van der Waals surface area contributed by atoms with E-state index >= 15 is 0 Å². The molecule has 0 saturated heterocycles. The van der Waals surface area contributed by atoms with Gasteiger partial charge in [0.05, 0.1) is 5.54 Å². The van der Waals surface area contributed by atoms with Gasteiger partial charge in [-0.25, -0.2) is 0 Å². The van der Waals surface area contributed by atoms with Crippen LogP contribution in [-0.4, -0.2) is 4.98 Å². The zero-order chi connectivity index (χ0) is 14.2. The molecule has 0 spiro atoms. The molecule has 0 aromatic carbocycles. The maximum absolute atomic E-state index is 11.4. The predicted octanol–water partition coefficient (Wildman–Crippen LogP) is 2.77. The van der Waals surface area contributed by atoms with Crippen LogP contribution in [0.15, 0.2) is 40.2 Å². The van der Waals surface area contributed by atoms with E-state index < -0.39 is 5.54 Å². The highest BCUT2D eigenvalue weighted by atomic mass is 16.1. The Morgan fingerprint density at radius 1 is 1.42 bits per heavy atom. The van der Waals surface area contributed by atoms with E-state index in [1.165, 1.54) is 11.1 Å². The van der Waals surface area contributed by atoms with Gasteiger partial charge in [0.25, 0.3) is 0 Å². The van der Waals surface area contributed by atoms with Gasteiger partial charge in [-0.2, -0.15) is 0 Å². The van der Waals surface area contributed by atoms with Crippen LogP contribution in [-0.2, 0) is 5.54 Å². The van der Waals surface area contributed by atoms with Crippen LogP contribution >= 0.6 is 0 Å². The van der Waals surface area contributed by atoms with Gasteiger partial charge in [-0.15, -0.1) is 0 Å². The standard InChI is InChI=1S/C16H22N2O/c1-5-13-11(3)8-10(2)9-16(13,17)14-6-7-15(19)18-12(14)4/h5-8,11H,9,17H2,1-4H3,(H,18,19)/b13-5+/t11?,16-/m1/s1. The first-order chi connectivity index (χ1) is 8.88. The number of nitrogens with two attached hydrogens (primary N) is 1. The highest BCUT2D eigenvalue weighted by molar-refractivity contribution is 5.43. The Morgan fingerprint density at radius 3 is 2.68 bits per heavy atom. The molecule has 0 saturated carbocycles. The van der Waals surface area contributed by atoms with E-state index in [0.29, 0.717) is 5.92 Å². The molecule has 102 valence electrons. The SMILES string of the molecule is C/C=C1\C(C)C=C(C)C[C@]1(N)c1ccc(=O)[nH]c1C. The Labute approximate surface area is 114 Å². The third-order valence-corrected chi connectivity index (χ3v) is 4.01. The van der Waals surface area contributed by atoms with Gasteiger partial charge in [0, 0.05) is 11.8 Å². The molecule has 1 unspecified atom stereocenters. The molecule has 0 bridgehead atoms. The van der Waals surface area contributed by atoms with E-state index in [-0.39, 0.29) is 5.56 Å². The molecular formula is C16H22N2O. The normalized spacial score (nSPS) is 29.4. The molecule has 3 N–H and O–H groups in total. The minimum Gasteiger partial charge on any atom is -0.326 e. The van der Waals surface area contributed by atoms with Crippen molar-refractivity contribution in [1.82, 2.24) is 4.98 Å². The minimum atomic E-state index is -0.513. The monoisotopic (exact) mass is 258 g/mol. The number of hydrogen-bond donors (Lipinski definition) is 2. The van der Waals surface area contributed by atoms with Crippen LogP contribution in [0.1, 0.15) is 38.4 Å². The van der Waals surface area contributed by atoms with Gasteiger partial charge >= 0.3 is 0 Å². The highest BCUT2D eigenvalue weighted by Crippen LogP contribution is 2.42. The van der Waals surface area contributed by atoms with Crippen LogP contribution in [0, 0.1) is 12.8 Å². The Kier molecular flexibility index (Phi) is 3.50. The first kappa shape index (κ1) is 13.8. The number of aromatic nitrogens is 1. The van der Waals surface area contributed by atoms with Crippen LogP contribution in [0.2, 0.25) is 0 Å². The van der Waals surface area contributed by atoms with Gasteiger partial charge in [-0.05, 0) is 50.3 Å². The van der Waals surface area contributed by atoms with E-state index in [0.717, 1.165) is 17.7 Å². The maximum atomic E-state index is 11.4. The Morgan fingerprint density at radius 2 is 2.11 bits per heavy atom. The van der Waals surface area contributed by atoms with E-state index in [4.69, 9.17) is 5.73 Å². The summed E-state index contributed by atoms with van der Waals surface area (Å²) >= 11 is 0. The fourth-order valence-corrected chi connectivity index (χ4v) is 3.36. The Hall–Kier alpha value is -1.61. The first-order valence-corrected chi connectivity index (χ1v) is 6.71. The van der Waals surface area contributed by atoms with Crippen molar-refractivity contribution in [1.29, 1.82) is 0 Å². The molecule has 2 atom stereocenters. The van der Waals surface area contributed by atoms with Crippen molar-refractivity contribution in [2.75, 3.05) is 0 Å². The van der Waals surface area contributed by atoms with Crippen molar-refractivity contribution in [3.05, 3.63) is 57.0 Å². The second kappa shape index (κ2) is 4.82. The van der Waals surface area contributed by atoms with E-state index in [1.54, 1.807) is 6.07 Å². The smallest absolute Gasteiger partial charge is 0.248 e. The largest absolute Gasteiger partial charge is 0.326 e. The van der Waals surface area contributed by atoms with Gasteiger partial charge in [-0.1, -0.05) is 24.6 Å². The lowest BCUT2D eigenvalue weighted by molar-refractivity contribution is 0.453. The first-order valence-electron chi connectivity index (χ1n) is 6.71. The Balaban J connectivity index is 2.63. The van der Waals surface area contributed by atoms with Crippen molar-refractivity contribution in [3.8, 4) is 0 Å². The molecule has 1 aliphatic carbocycles. The number of nitrogens with one attached hydrogen (secondary N) is 1. The second-order valence-corrected chi connectivity index (χ2v) is 5.56. The molecule has 1 aromatic heterocycles. The predicted molar refractivity (Wildman–Crippen MR) is 79.0 cm³/mol. The number of aromatic amines is 1. The van der Waals surface area contributed by atoms with E-state index in [9.17, 15) is 4.79 Å². The summed E-state index contributed by atoms with van der Waals surface area (Å²) in [7, 11) is 0. The summed E-state index contributed by atoms with van der Waals surface area (Å²) in [6, 6.07) is 3.42. The topological polar surface area (TPSA) is 58.9 Å². The summed E-state index contributed by atoms with van der Waals surface area (Å²) in [5.74, 6) is 0.329. The molecule has 3 nitrogen and oxygen atoms in total. The van der Waals surface area contributed by atoms with Gasteiger partial charge in [0.1, 0.15) is 0 Å². The molecular weight excluding hydrogens is 236 g/mol. The quantitative estimate of drug-likeness (QED) is 0.761. The molecule has 19 heavy (non-hydrogen) atoms. The van der Waals surface area contributed by atoms with Gasteiger partial charge in [0.15, 0.2) is 0 Å². The van der Waals surface area contributed by atoms with Crippen molar-refractivity contribution in [2.24, 2.45) is 11.7 Å². The summed E-state index contributed by atoms with van der Waals surface area (Å²) in [4.78, 5) is 14.2. The molecule has 1 heterocycles. The van der Waals surface area contributed by atoms with Crippen LogP contribution in [0.25, 0.3) is 0 Å². The number of aryl methyl sites for hydroxylation is 1. The van der Waals surface area contributed by atoms with Gasteiger partial charge in [-0.3, -0.25) is 4.79 Å². The van der Waals surface area contributed by atoms with E-state index in [2.05, 4.69) is 31.0 Å². The number of allylic oxidation sites excluding steroid dienone is 2. The maximum Gasteiger partial charge on any atom is 0.248 e. The van der Waals surface area contributed by atoms with Crippen molar-refractivity contribution in [3.63, 3.8) is 0 Å². The van der Waals surface area contributed by atoms with Gasteiger partial charge in [0.2, 0.25) is 5.56 Å². The van der Waals surface area contributed by atoms with Crippen LogP contribution in [0.4, 0.5) is 0 Å². The van der Waals surface area contributed by atoms with Crippen molar-refractivity contribution in [2.45, 2.75) is 39.7 Å². The van der Waals surface area contributed by atoms with E-state index in [1.807, 2.05) is 19.9 Å². The fraction of sp³-hybridized carbons (Fsp3) is 0.438. The van der Waals surface area contributed by atoms with Crippen molar-refractivity contribution >= 4 is 0 Å². The molecule has 0 radical (unpaired) electrons. The van der Waals surface area contributed by atoms with Crippen LogP contribution in [0.5, 0.6) is 0 Å². The molecule has 2 rings (SSSR count). The summed E-state index contributed by atoms with van der Waals surface area (Å²) in [6.07, 6.45) is 5.17. The zero-order valence-corrected chi connectivity index (χ0v) is 12.1. The average Bonchev–Trinajstić information content (AvgIpc) is 2.27. The number of H-pyrrole nitrogens is 1. The summed E-state index contributed by atoms with van der Waals surface area (Å²) in [5.41, 5.74) is 10.5. The highest BCUT2D eigenvalue weighted by Gasteiger charge is 2.37. The molecule has 3 heteroatoms. The number of hydrogen-bond acceptors (Lipinski definition) is 2. The number of pyridine rings is 1. The van der Waals surface area contributed by atoms with Crippen LogP contribution in [0.3, 0.4) is 0 Å². The third-order valence-electron chi connectivity index (χ3n) is 4.01. The Bertz CT molecular complexity index is 609. The molecule has 0 amide bonds. The summed E-state index contributed by atoms with van der Waals surface area (Å²) in [5, 5.41) is 0. The average molecular weight is 258 g/mol. The molecule has 0 aliphatic heterocycles. The van der Waals surface area contributed by atoms with Crippen molar-refractivity contribution < 1.29 is 0 Å². The lowest BCUT2D eigenvalue weighted by atomic mass is 9.69. The zero-order valence-electron chi connectivity index (χ0n) is 12.1. The van der Waals surface area contributed by atoms with Crippen LogP contribution < -0.4 is 11.3 Å². The fourth-order valence-electron chi connectivity index (χ4n) is 3.36. The lowest BCUT2D eigenvalue weighted by Gasteiger charge is -2.40. The summed E-state index contributed by atoms with van der Waals surface area (Å²) < 4.78 is 0. The molecule has 1 aliphatic rings. The molecule has 0 fully saturated rings. The molecule has 1 aromatic rings. The van der Waals surface area contributed by atoms with Gasteiger partial charge < -0.3 is 10.7 Å². The third kappa shape index (κ3) is 2.30. The number of rotatable bonds is 1.